The van der Waals surface area contributed by atoms with Gasteiger partial charge in [0.15, 0.2) is 0 Å². The third kappa shape index (κ3) is 5.93. The average Bonchev–Trinajstić information content (AvgIpc) is 2.92. The number of esters is 1. The number of nitrogens with one attached hydrogen (secondary N) is 1. The fourth-order valence-corrected chi connectivity index (χ4v) is 2.65. The zero-order valence-corrected chi connectivity index (χ0v) is 14.0. The summed E-state index contributed by atoms with van der Waals surface area (Å²) in [5.41, 5.74) is 0.457. The SMILES string of the molecule is CC(C)(C)OC(=O)NC1CC[C@H](C(=O)OCc2ccccc2)C1. The average molecular weight is 319 g/mol. The molecular formula is C18H25NO4. The first-order chi connectivity index (χ1) is 10.8. The van der Waals surface area contributed by atoms with E-state index in [1.807, 2.05) is 51.1 Å². The third-order valence-electron chi connectivity index (χ3n) is 3.71. The van der Waals surface area contributed by atoms with Crippen molar-refractivity contribution in [3.8, 4) is 0 Å². The number of benzene rings is 1. The lowest BCUT2D eigenvalue weighted by Gasteiger charge is -2.21. The highest BCUT2D eigenvalue weighted by Gasteiger charge is 2.32. The molecule has 126 valence electrons. The Balaban J connectivity index is 1.74. The minimum Gasteiger partial charge on any atom is -0.461 e. The van der Waals surface area contributed by atoms with Crippen molar-refractivity contribution in [2.45, 2.75) is 58.3 Å². The summed E-state index contributed by atoms with van der Waals surface area (Å²) in [4.78, 5) is 23.9. The maximum absolute atomic E-state index is 12.1. The number of amides is 1. The summed E-state index contributed by atoms with van der Waals surface area (Å²) in [6, 6.07) is 9.58. The van der Waals surface area contributed by atoms with E-state index in [2.05, 4.69) is 5.32 Å². The highest BCUT2D eigenvalue weighted by atomic mass is 16.6. The van der Waals surface area contributed by atoms with Gasteiger partial charge in [-0.2, -0.15) is 0 Å². The van der Waals surface area contributed by atoms with E-state index in [0.29, 0.717) is 13.0 Å². The van der Waals surface area contributed by atoms with Crippen molar-refractivity contribution in [3.63, 3.8) is 0 Å². The van der Waals surface area contributed by atoms with Gasteiger partial charge in [0.2, 0.25) is 0 Å². The van der Waals surface area contributed by atoms with E-state index in [1.165, 1.54) is 0 Å². The Morgan fingerprint density at radius 3 is 2.52 bits per heavy atom. The molecule has 1 N–H and O–H groups in total. The molecule has 2 atom stereocenters. The van der Waals surface area contributed by atoms with Crippen LogP contribution in [0.25, 0.3) is 0 Å². The zero-order valence-electron chi connectivity index (χ0n) is 14.0. The van der Waals surface area contributed by atoms with Gasteiger partial charge in [0, 0.05) is 6.04 Å². The van der Waals surface area contributed by atoms with Crippen LogP contribution in [0.15, 0.2) is 30.3 Å². The van der Waals surface area contributed by atoms with Gasteiger partial charge in [0.05, 0.1) is 5.92 Å². The molecule has 5 nitrogen and oxygen atoms in total. The second-order valence-corrected chi connectivity index (χ2v) is 6.95. The molecule has 1 fully saturated rings. The Bertz CT molecular complexity index is 536. The Morgan fingerprint density at radius 1 is 1.17 bits per heavy atom. The molecule has 23 heavy (non-hydrogen) atoms. The molecule has 5 heteroatoms. The van der Waals surface area contributed by atoms with Crippen molar-refractivity contribution < 1.29 is 19.1 Å². The van der Waals surface area contributed by atoms with Crippen LogP contribution >= 0.6 is 0 Å². The van der Waals surface area contributed by atoms with Crippen molar-refractivity contribution in [3.05, 3.63) is 35.9 Å². The normalized spacial score (nSPS) is 20.8. The lowest BCUT2D eigenvalue weighted by molar-refractivity contribution is -0.149. The number of hydrogen-bond acceptors (Lipinski definition) is 4. The van der Waals surface area contributed by atoms with Crippen LogP contribution in [0, 0.1) is 5.92 Å². The number of alkyl carbamates (subject to hydrolysis) is 1. The predicted molar refractivity (Wildman–Crippen MR) is 86.7 cm³/mol. The summed E-state index contributed by atoms with van der Waals surface area (Å²) >= 11 is 0. The Labute approximate surface area is 137 Å². The van der Waals surface area contributed by atoms with Gasteiger partial charge in [-0.05, 0) is 45.6 Å². The number of rotatable bonds is 4. The van der Waals surface area contributed by atoms with Crippen LogP contribution < -0.4 is 5.32 Å². The van der Waals surface area contributed by atoms with Crippen LogP contribution in [-0.4, -0.2) is 23.7 Å². The van der Waals surface area contributed by atoms with E-state index in [4.69, 9.17) is 9.47 Å². The molecule has 1 unspecified atom stereocenters. The summed E-state index contributed by atoms with van der Waals surface area (Å²) in [6.45, 7) is 5.77. The van der Waals surface area contributed by atoms with E-state index in [1.54, 1.807) is 0 Å². The monoisotopic (exact) mass is 319 g/mol. The molecule has 0 bridgehead atoms. The van der Waals surface area contributed by atoms with Gasteiger partial charge in [-0.3, -0.25) is 4.79 Å². The van der Waals surface area contributed by atoms with E-state index < -0.39 is 11.7 Å². The van der Waals surface area contributed by atoms with Gasteiger partial charge < -0.3 is 14.8 Å². The molecule has 1 aromatic carbocycles. The predicted octanol–water partition coefficient (Wildman–Crippen LogP) is 3.42. The summed E-state index contributed by atoms with van der Waals surface area (Å²) in [5, 5.41) is 2.83. The molecule has 1 aliphatic rings. The van der Waals surface area contributed by atoms with Gasteiger partial charge in [-0.1, -0.05) is 30.3 Å². The first-order valence-corrected chi connectivity index (χ1v) is 8.03. The molecule has 0 aliphatic heterocycles. The summed E-state index contributed by atoms with van der Waals surface area (Å²) < 4.78 is 10.6. The molecule has 1 amide bonds. The van der Waals surface area contributed by atoms with Gasteiger partial charge in [0.1, 0.15) is 12.2 Å². The standard InChI is InChI=1S/C18H25NO4/c1-18(2,3)23-17(21)19-15-10-9-14(11-15)16(20)22-12-13-7-5-4-6-8-13/h4-8,14-15H,9-12H2,1-3H3,(H,19,21)/t14-,15?/m0/s1. The lowest BCUT2D eigenvalue weighted by Crippen LogP contribution is -2.38. The summed E-state index contributed by atoms with van der Waals surface area (Å²) in [6.07, 6.45) is 1.67. The molecule has 1 saturated carbocycles. The molecule has 0 heterocycles. The third-order valence-corrected chi connectivity index (χ3v) is 3.71. The minimum atomic E-state index is -0.517. The van der Waals surface area contributed by atoms with E-state index in [9.17, 15) is 9.59 Å². The number of hydrogen-bond donors (Lipinski definition) is 1. The second kappa shape index (κ2) is 7.49. The Hall–Kier alpha value is -2.04. The van der Waals surface area contributed by atoms with Crippen LogP contribution in [0.4, 0.5) is 4.79 Å². The molecule has 1 aromatic rings. The topological polar surface area (TPSA) is 64.6 Å². The number of carbonyl (C=O) groups is 2. The Morgan fingerprint density at radius 2 is 1.87 bits per heavy atom. The number of carbonyl (C=O) groups excluding carboxylic acids is 2. The molecule has 0 aromatic heterocycles. The van der Waals surface area contributed by atoms with Crippen molar-refractivity contribution in [2.24, 2.45) is 5.92 Å². The zero-order chi connectivity index (χ0) is 16.9. The van der Waals surface area contributed by atoms with E-state index >= 15 is 0 Å². The van der Waals surface area contributed by atoms with Crippen LogP contribution in [0.2, 0.25) is 0 Å². The van der Waals surface area contributed by atoms with Crippen LogP contribution in [0.3, 0.4) is 0 Å². The molecule has 2 rings (SSSR count). The molecule has 1 aliphatic carbocycles. The highest BCUT2D eigenvalue weighted by molar-refractivity contribution is 5.73. The molecular weight excluding hydrogens is 294 g/mol. The van der Waals surface area contributed by atoms with Gasteiger partial charge in [-0.25, -0.2) is 4.79 Å². The smallest absolute Gasteiger partial charge is 0.407 e. The molecule has 0 spiro atoms. The van der Waals surface area contributed by atoms with Crippen molar-refractivity contribution >= 4 is 12.1 Å². The van der Waals surface area contributed by atoms with Gasteiger partial charge in [0.25, 0.3) is 0 Å². The maximum atomic E-state index is 12.1. The summed E-state index contributed by atoms with van der Waals surface area (Å²) in [5.74, 6) is -0.346. The van der Waals surface area contributed by atoms with Crippen LogP contribution in [-0.2, 0) is 20.9 Å². The first kappa shape index (κ1) is 17.3. The van der Waals surface area contributed by atoms with E-state index in [0.717, 1.165) is 18.4 Å². The Kier molecular flexibility index (Phi) is 5.64. The highest BCUT2D eigenvalue weighted by Crippen LogP contribution is 2.27. The maximum Gasteiger partial charge on any atom is 0.407 e. The fourth-order valence-electron chi connectivity index (χ4n) is 2.65. The fraction of sp³-hybridized carbons (Fsp3) is 0.556. The number of ether oxygens (including phenoxy) is 2. The first-order valence-electron chi connectivity index (χ1n) is 8.03. The van der Waals surface area contributed by atoms with Crippen molar-refractivity contribution in [2.75, 3.05) is 0 Å². The second-order valence-electron chi connectivity index (χ2n) is 6.95. The quantitative estimate of drug-likeness (QED) is 0.864. The van der Waals surface area contributed by atoms with Gasteiger partial charge in [-0.15, -0.1) is 0 Å². The molecule has 0 saturated heterocycles. The molecule has 0 radical (unpaired) electrons. The van der Waals surface area contributed by atoms with E-state index in [-0.39, 0.29) is 17.9 Å². The van der Waals surface area contributed by atoms with Crippen LogP contribution in [0.1, 0.15) is 45.6 Å². The summed E-state index contributed by atoms with van der Waals surface area (Å²) in [7, 11) is 0. The van der Waals surface area contributed by atoms with Crippen molar-refractivity contribution in [1.82, 2.24) is 5.32 Å². The van der Waals surface area contributed by atoms with Crippen LogP contribution in [0.5, 0.6) is 0 Å². The largest absolute Gasteiger partial charge is 0.461 e. The lowest BCUT2D eigenvalue weighted by atomic mass is 10.1. The van der Waals surface area contributed by atoms with Crippen molar-refractivity contribution in [1.29, 1.82) is 0 Å². The van der Waals surface area contributed by atoms with Gasteiger partial charge >= 0.3 is 12.1 Å². The minimum absolute atomic E-state index is 0.0286.